The summed E-state index contributed by atoms with van der Waals surface area (Å²) >= 11 is 0. The van der Waals surface area contributed by atoms with E-state index in [0.717, 1.165) is 0 Å². The van der Waals surface area contributed by atoms with Gasteiger partial charge in [-0.05, 0) is 49.7 Å². The zero-order chi connectivity index (χ0) is 32.0. The fraction of sp³-hybridized carbons (Fsp3) is 0.656. The highest BCUT2D eigenvalue weighted by Gasteiger charge is 2.50. The van der Waals surface area contributed by atoms with E-state index in [0.29, 0.717) is 29.6 Å². The molecule has 1 aromatic carbocycles. The van der Waals surface area contributed by atoms with Gasteiger partial charge in [0.15, 0.2) is 5.78 Å². The number of methoxy groups -OCH3 is 1. The highest BCUT2D eigenvalue weighted by Crippen LogP contribution is 2.40. The summed E-state index contributed by atoms with van der Waals surface area (Å²) in [5.74, 6) is -3.41. The van der Waals surface area contributed by atoms with Crippen molar-refractivity contribution in [3.8, 4) is 11.6 Å². The van der Waals surface area contributed by atoms with Gasteiger partial charge in [-0.25, -0.2) is 23.5 Å². The molecule has 10 nitrogen and oxygen atoms in total. The van der Waals surface area contributed by atoms with Crippen LogP contribution in [0.2, 0.25) is 0 Å². The maximum absolute atomic E-state index is 15.1. The van der Waals surface area contributed by atoms with Gasteiger partial charge in [-0.1, -0.05) is 27.7 Å². The molecule has 2 fully saturated rings. The van der Waals surface area contributed by atoms with Crippen molar-refractivity contribution in [1.82, 2.24) is 20.2 Å². The molecule has 3 aliphatic rings. The third-order valence-electron chi connectivity index (χ3n) is 9.00. The summed E-state index contributed by atoms with van der Waals surface area (Å²) in [6.45, 7) is 8.74. The van der Waals surface area contributed by atoms with E-state index in [-0.39, 0.29) is 55.2 Å². The maximum atomic E-state index is 15.1. The number of fused-ring (bicyclic) bond motifs is 5. The zero-order valence-corrected chi connectivity index (χ0v) is 26.2. The molecular formula is C32H42F2N4O6. The van der Waals surface area contributed by atoms with E-state index in [9.17, 15) is 14.4 Å². The Labute approximate surface area is 256 Å². The van der Waals surface area contributed by atoms with Crippen molar-refractivity contribution >= 4 is 28.8 Å². The van der Waals surface area contributed by atoms with Gasteiger partial charge < -0.3 is 24.4 Å². The number of aromatic nitrogens is 2. The molecule has 2 aliphatic heterocycles. The summed E-state index contributed by atoms with van der Waals surface area (Å²) in [6.07, 6.45) is -1.21. The number of carbonyl (C=O) groups excluding carboxylic acids is 3. The fourth-order valence-corrected chi connectivity index (χ4v) is 6.33. The molecule has 2 amide bonds. The van der Waals surface area contributed by atoms with Gasteiger partial charge in [0.25, 0.3) is 0 Å². The van der Waals surface area contributed by atoms with Crippen LogP contribution in [0, 0.1) is 17.3 Å². The van der Waals surface area contributed by atoms with E-state index in [1.165, 1.54) is 18.9 Å². The number of nitrogens with one attached hydrogen (secondary N) is 1. The Morgan fingerprint density at radius 2 is 1.86 bits per heavy atom. The number of hydrogen-bond donors (Lipinski definition) is 1. The number of carbonyl (C=O) groups is 3. The summed E-state index contributed by atoms with van der Waals surface area (Å²) in [5.41, 5.74) is 0.552. The molecule has 12 heteroatoms. The minimum absolute atomic E-state index is 0.00746. The molecule has 44 heavy (non-hydrogen) atoms. The van der Waals surface area contributed by atoms with E-state index >= 15 is 8.78 Å². The highest BCUT2D eigenvalue weighted by molar-refractivity contribution is 5.92. The second-order valence-electron chi connectivity index (χ2n) is 13.5. The normalized spacial score (nSPS) is 29.6. The third-order valence-corrected chi connectivity index (χ3v) is 9.00. The first kappa shape index (κ1) is 31.8. The Morgan fingerprint density at radius 3 is 2.55 bits per heavy atom. The predicted octanol–water partition coefficient (Wildman–Crippen LogP) is 5.10. The molecule has 3 heterocycles. The molecule has 5 rings (SSSR count). The van der Waals surface area contributed by atoms with Crippen molar-refractivity contribution in [2.75, 3.05) is 13.7 Å². The number of halogens is 2. The number of hydrogen-bond acceptors (Lipinski definition) is 8. The number of aryl methyl sites for hydroxylation is 1. The maximum Gasteiger partial charge on any atom is 0.408 e. The first-order valence-corrected chi connectivity index (χ1v) is 15.3. The summed E-state index contributed by atoms with van der Waals surface area (Å²) in [4.78, 5) is 50.7. The van der Waals surface area contributed by atoms with E-state index in [4.69, 9.17) is 14.2 Å². The zero-order valence-electron chi connectivity index (χ0n) is 26.2. The number of amides is 2. The Balaban J connectivity index is 1.53. The molecule has 1 saturated carbocycles. The van der Waals surface area contributed by atoms with Crippen molar-refractivity contribution in [3.05, 3.63) is 23.9 Å². The summed E-state index contributed by atoms with van der Waals surface area (Å²) in [5, 5.41) is 2.74. The van der Waals surface area contributed by atoms with Crippen LogP contribution in [0.5, 0.6) is 11.6 Å². The van der Waals surface area contributed by atoms with Gasteiger partial charge in [-0.3, -0.25) is 9.59 Å². The lowest BCUT2D eigenvalue weighted by Crippen LogP contribution is -2.57. The summed E-state index contributed by atoms with van der Waals surface area (Å²) in [7, 11) is 1.53. The lowest BCUT2D eigenvalue weighted by molar-refractivity contribution is -0.141. The highest BCUT2D eigenvalue weighted by atomic mass is 19.3. The molecule has 2 bridgehead atoms. The van der Waals surface area contributed by atoms with Crippen LogP contribution in [-0.4, -0.2) is 76.5 Å². The van der Waals surface area contributed by atoms with Gasteiger partial charge in [0.05, 0.1) is 30.7 Å². The van der Waals surface area contributed by atoms with Crippen LogP contribution in [0.3, 0.4) is 0 Å². The molecule has 0 unspecified atom stereocenters. The Hall–Kier alpha value is -3.57. The van der Waals surface area contributed by atoms with Crippen molar-refractivity contribution in [2.24, 2.45) is 17.3 Å². The fourth-order valence-electron chi connectivity index (χ4n) is 6.33. The summed E-state index contributed by atoms with van der Waals surface area (Å²) in [6, 6.07) is 3.32. The van der Waals surface area contributed by atoms with E-state index in [1.807, 2.05) is 27.7 Å². The van der Waals surface area contributed by atoms with E-state index < -0.39 is 53.9 Å². The first-order valence-electron chi connectivity index (χ1n) is 15.3. The predicted molar refractivity (Wildman–Crippen MR) is 158 cm³/mol. The molecule has 1 aliphatic carbocycles. The lowest BCUT2D eigenvalue weighted by Gasteiger charge is -2.35. The van der Waals surface area contributed by atoms with Gasteiger partial charge in [-0.2, -0.15) is 0 Å². The van der Waals surface area contributed by atoms with Crippen molar-refractivity contribution in [3.63, 3.8) is 0 Å². The standard InChI is InChI=1S/C32H42F2N4O6/c1-17-25-16-38(26(17)18(2)39)29(40)27(31(3,4)5)37-30(41)44-24-14-19(24)8-7-12-32(33,34)13-11-22-28(43-25)36-23-15-20(42-6)9-10-21(23)35-22/h9-10,15,17,19,24-27H,7-8,11-14,16H2,1-6H3,(H,37,41)/t17-,19-,24-,25+,26+,27-/m1/s1. The molecule has 240 valence electrons. The van der Waals surface area contributed by atoms with Crippen LogP contribution in [-0.2, 0) is 20.7 Å². The number of Topliss-reactive ketones (excluding diaryl/α,β-unsaturated/α-hetero) is 1. The van der Waals surface area contributed by atoms with Gasteiger partial charge in [-0.15, -0.1) is 0 Å². The minimum Gasteiger partial charge on any atom is -0.497 e. The number of ketones is 1. The first-order chi connectivity index (χ1) is 20.7. The van der Waals surface area contributed by atoms with Crippen molar-refractivity contribution in [1.29, 1.82) is 0 Å². The Morgan fingerprint density at radius 1 is 1.11 bits per heavy atom. The number of nitrogens with zero attached hydrogens (tertiary/aromatic N) is 3. The molecule has 6 atom stereocenters. The van der Waals surface area contributed by atoms with Crippen LogP contribution >= 0.6 is 0 Å². The average Bonchev–Trinajstić information content (AvgIpc) is 3.59. The molecule has 1 aromatic heterocycles. The van der Waals surface area contributed by atoms with E-state index in [1.54, 1.807) is 18.2 Å². The third kappa shape index (κ3) is 6.89. The molecule has 0 radical (unpaired) electrons. The largest absolute Gasteiger partial charge is 0.497 e. The Bertz CT molecular complexity index is 1430. The SMILES string of the molecule is COc1ccc2nc3c(nc2c1)O[C@H]1CN(C(=O)[C@H](C(C)(C)C)NC(=O)O[C@@H]2C[C@H]2CCCC(F)(F)CC3)[C@H](C(C)=O)[C@@H]1C. The molecule has 1 saturated heterocycles. The van der Waals surface area contributed by atoms with Gasteiger partial charge in [0.1, 0.15) is 29.7 Å². The molecule has 1 N–H and O–H groups in total. The monoisotopic (exact) mass is 616 g/mol. The minimum atomic E-state index is -2.94. The number of rotatable bonds is 2. The molecule has 2 aromatic rings. The topological polar surface area (TPSA) is 120 Å². The van der Waals surface area contributed by atoms with Crippen LogP contribution in [0.4, 0.5) is 13.6 Å². The average molecular weight is 617 g/mol. The van der Waals surface area contributed by atoms with Crippen molar-refractivity contribution < 1.29 is 37.4 Å². The second kappa shape index (κ2) is 12.1. The number of alkyl halides is 2. The number of benzene rings is 1. The van der Waals surface area contributed by atoms with Gasteiger partial charge >= 0.3 is 6.09 Å². The smallest absolute Gasteiger partial charge is 0.408 e. The van der Waals surface area contributed by atoms with Gasteiger partial charge in [0, 0.05) is 31.2 Å². The van der Waals surface area contributed by atoms with Crippen LogP contribution in [0.1, 0.15) is 72.4 Å². The second-order valence-corrected chi connectivity index (χ2v) is 13.5. The van der Waals surface area contributed by atoms with Crippen molar-refractivity contribution in [2.45, 2.75) is 103 Å². The molecular weight excluding hydrogens is 574 g/mol. The van der Waals surface area contributed by atoms with Gasteiger partial charge in [0.2, 0.25) is 17.7 Å². The van der Waals surface area contributed by atoms with Crippen LogP contribution in [0.15, 0.2) is 18.2 Å². The molecule has 0 spiro atoms. The Kier molecular flexibility index (Phi) is 8.74. The quantitative estimate of drug-likeness (QED) is 0.495. The van der Waals surface area contributed by atoms with E-state index in [2.05, 4.69) is 15.3 Å². The van der Waals surface area contributed by atoms with Crippen LogP contribution in [0.25, 0.3) is 11.0 Å². The number of ether oxygens (including phenoxy) is 3. The van der Waals surface area contributed by atoms with Crippen LogP contribution < -0.4 is 14.8 Å². The number of alkyl carbamates (subject to hydrolysis) is 1. The summed E-state index contributed by atoms with van der Waals surface area (Å²) < 4.78 is 47.4. The lowest BCUT2D eigenvalue weighted by atomic mass is 9.85.